The first-order valence-corrected chi connectivity index (χ1v) is 8.25. The van der Waals surface area contributed by atoms with Crippen molar-refractivity contribution < 1.29 is 4.42 Å². The Balaban J connectivity index is 2.13. The lowest BCUT2D eigenvalue weighted by Crippen LogP contribution is -2.05. The van der Waals surface area contributed by atoms with Crippen LogP contribution in [-0.4, -0.2) is 4.98 Å². The van der Waals surface area contributed by atoms with E-state index in [1.165, 1.54) is 44.9 Å². The first-order valence-electron chi connectivity index (χ1n) is 7.50. The number of hydrogen-bond donors (Lipinski definition) is 0. The molecule has 0 atom stereocenters. The van der Waals surface area contributed by atoms with Gasteiger partial charge in [0, 0.05) is 6.42 Å². The predicted octanol–water partition coefficient (Wildman–Crippen LogP) is 5.41. The quantitative estimate of drug-likeness (QED) is 0.541. The SMILES string of the molecule is CCCCCCCCCCCc1oc(=O)c(Cl)nc1Cl. The van der Waals surface area contributed by atoms with Crippen LogP contribution in [-0.2, 0) is 6.42 Å². The third-order valence-electron chi connectivity index (χ3n) is 3.32. The summed E-state index contributed by atoms with van der Waals surface area (Å²) in [6.07, 6.45) is 11.9. The van der Waals surface area contributed by atoms with Crippen molar-refractivity contribution in [2.45, 2.75) is 71.1 Å². The molecule has 1 heterocycles. The Hall–Kier alpha value is -0.540. The average molecular weight is 320 g/mol. The van der Waals surface area contributed by atoms with Crippen LogP contribution in [0.5, 0.6) is 0 Å². The topological polar surface area (TPSA) is 43.1 Å². The smallest absolute Gasteiger partial charge is 0.374 e. The predicted molar refractivity (Wildman–Crippen MR) is 83.7 cm³/mol. The Bertz CT molecular complexity index is 446. The number of hydrogen-bond acceptors (Lipinski definition) is 3. The van der Waals surface area contributed by atoms with Crippen molar-refractivity contribution in [2.75, 3.05) is 0 Å². The van der Waals surface area contributed by atoms with Crippen molar-refractivity contribution in [3.05, 3.63) is 26.5 Å². The molecule has 0 unspecified atom stereocenters. The first kappa shape index (κ1) is 17.5. The van der Waals surface area contributed by atoms with E-state index < -0.39 is 5.63 Å². The van der Waals surface area contributed by atoms with Gasteiger partial charge in [-0.05, 0) is 6.42 Å². The third kappa shape index (κ3) is 6.76. The lowest BCUT2D eigenvalue weighted by atomic mass is 10.1. The molecular formula is C15H23Cl2NO2. The summed E-state index contributed by atoms with van der Waals surface area (Å²) in [7, 11) is 0. The molecule has 0 fully saturated rings. The summed E-state index contributed by atoms with van der Waals surface area (Å²) in [4.78, 5) is 15.0. The molecule has 0 aromatic carbocycles. The molecule has 0 radical (unpaired) electrons. The van der Waals surface area contributed by atoms with Gasteiger partial charge >= 0.3 is 5.63 Å². The van der Waals surface area contributed by atoms with Crippen molar-refractivity contribution >= 4 is 23.2 Å². The minimum atomic E-state index is -0.609. The Labute approximate surface area is 130 Å². The third-order valence-corrected chi connectivity index (χ3v) is 3.85. The van der Waals surface area contributed by atoms with Gasteiger partial charge < -0.3 is 4.42 Å². The highest BCUT2D eigenvalue weighted by molar-refractivity contribution is 6.32. The molecule has 20 heavy (non-hydrogen) atoms. The van der Waals surface area contributed by atoms with E-state index in [0.717, 1.165) is 12.8 Å². The van der Waals surface area contributed by atoms with Gasteiger partial charge in [0.05, 0.1) is 0 Å². The van der Waals surface area contributed by atoms with Crippen molar-refractivity contribution in [2.24, 2.45) is 0 Å². The minimum absolute atomic E-state index is 0.203. The Kier molecular flexibility index (Phi) is 8.95. The largest absolute Gasteiger partial charge is 0.422 e. The second-order valence-corrected chi connectivity index (χ2v) is 5.80. The maximum Gasteiger partial charge on any atom is 0.374 e. The van der Waals surface area contributed by atoms with Crippen LogP contribution in [0, 0.1) is 0 Å². The van der Waals surface area contributed by atoms with Crippen LogP contribution in [0.1, 0.15) is 70.5 Å². The highest BCUT2D eigenvalue weighted by Crippen LogP contribution is 2.17. The number of rotatable bonds is 10. The van der Waals surface area contributed by atoms with Gasteiger partial charge in [0.1, 0.15) is 5.76 Å². The number of aromatic nitrogens is 1. The zero-order valence-corrected chi connectivity index (χ0v) is 13.6. The molecule has 0 saturated carbocycles. The monoisotopic (exact) mass is 319 g/mol. The van der Waals surface area contributed by atoms with Crippen molar-refractivity contribution in [1.82, 2.24) is 4.98 Å². The van der Waals surface area contributed by atoms with Gasteiger partial charge in [-0.25, -0.2) is 9.78 Å². The van der Waals surface area contributed by atoms with Gasteiger partial charge in [-0.3, -0.25) is 0 Å². The first-order chi connectivity index (χ1) is 9.65. The molecule has 0 aliphatic rings. The van der Waals surface area contributed by atoms with Gasteiger partial charge in [0.15, 0.2) is 5.15 Å². The zero-order chi connectivity index (χ0) is 14.8. The molecule has 0 N–H and O–H groups in total. The number of nitrogens with zero attached hydrogens (tertiary/aromatic N) is 1. The molecule has 0 amide bonds. The van der Waals surface area contributed by atoms with Crippen molar-refractivity contribution in [1.29, 1.82) is 0 Å². The molecule has 0 bridgehead atoms. The normalized spacial score (nSPS) is 10.9. The van der Waals surface area contributed by atoms with Crippen LogP contribution >= 0.6 is 23.2 Å². The summed E-state index contributed by atoms with van der Waals surface area (Å²) in [5.74, 6) is 0.448. The summed E-state index contributed by atoms with van der Waals surface area (Å²) < 4.78 is 5.03. The maximum atomic E-state index is 11.2. The lowest BCUT2D eigenvalue weighted by molar-refractivity contribution is 0.441. The van der Waals surface area contributed by atoms with E-state index >= 15 is 0 Å². The van der Waals surface area contributed by atoms with Crippen LogP contribution in [0.4, 0.5) is 0 Å². The fourth-order valence-corrected chi connectivity index (χ4v) is 2.52. The minimum Gasteiger partial charge on any atom is -0.422 e. The van der Waals surface area contributed by atoms with Crippen LogP contribution in [0.3, 0.4) is 0 Å². The molecule has 1 rings (SSSR count). The van der Waals surface area contributed by atoms with Crippen LogP contribution in [0.2, 0.25) is 10.3 Å². The van der Waals surface area contributed by atoms with E-state index in [1.807, 2.05) is 0 Å². The highest BCUT2D eigenvalue weighted by Gasteiger charge is 2.09. The van der Waals surface area contributed by atoms with Gasteiger partial charge in [-0.1, -0.05) is 81.5 Å². The number of aryl methyl sites for hydroxylation is 1. The molecule has 114 valence electrons. The Morgan fingerprint density at radius 2 is 1.45 bits per heavy atom. The molecule has 0 saturated heterocycles. The van der Waals surface area contributed by atoms with Crippen molar-refractivity contribution in [3.8, 4) is 0 Å². The van der Waals surface area contributed by atoms with E-state index in [1.54, 1.807) is 0 Å². The lowest BCUT2D eigenvalue weighted by Gasteiger charge is -2.03. The summed E-state index contributed by atoms with van der Waals surface area (Å²) in [5.41, 5.74) is -0.609. The van der Waals surface area contributed by atoms with Crippen LogP contribution in [0.25, 0.3) is 0 Å². The van der Waals surface area contributed by atoms with Gasteiger partial charge in [0.2, 0.25) is 5.15 Å². The number of halogens is 2. The standard InChI is InChI=1S/C15H23Cl2NO2/c1-2-3-4-5-6-7-8-9-10-11-12-13(16)18-14(17)15(19)20-12/h2-11H2,1H3. The summed E-state index contributed by atoms with van der Waals surface area (Å²) >= 11 is 11.4. The van der Waals surface area contributed by atoms with E-state index in [9.17, 15) is 4.79 Å². The fraction of sp³-hybridized carbons (Fsp3) is 0.733. The van der Waals surface area contributed by atoms with Crippen LogP contribution in [0.15, 0.2) is 9.21 Å². The molecule has 1 aromatic heterocycles. The van der Waals surface area contributed by atoms with Gasteiger partial charge in [-0.2, -0.15) is 0 Å². The molecule has 0 aliphatic carbocycles. The second-order valence-electron chi connectivity index (χ2n) is 5.08. The Morgan fingerprint density at radius 1 is 0.900 bits per heavy atom. The highest BCUT2D eigenvalue weighted by atomic mass is 35.5. The molecule has 3 nitrogen and oxygen atoms in total. The Morgan fingerprint density at radius 3 is 2.05 bits per heavy atom. The van der Waals surface area contributed by atoms with Crippen LogP contribution < -0.4 is 5.63 Å². The molecular weight excluding hydrogens is 297 g/mol. The van der Waals surface area contributed by atoms with E-state index in [4.69, 9.17) is 27.6 Å². The van der Waals surface area contributed by atoms with E-state index in [-0.39, 0.29) is 10.3 Å². The number of unbranched alkanes of at least 4 members (excludes halogenated alkanes) is 8. The second kappa shape index (κ2) is 10.2. The van der Waals surface area contributed by atoms with Gasteiger partial charge in [-0.15, -0.1) is 0 Å². The molecule has 0 aliphatic heterocycles. The molecule has 1 aromatic rings. The molecule has 5 heteroatoms. The fourth-order valence-electron chi connectivity index (χ4n) is 2.14. The summed E-state index contributed by atoms with van der Waals surface area (Å²) in [6.45, 7) is 2.23. The van der Waals surface area contributed by atoms with E-state index in [0.29, 0.717) is 12.2 Å². The maximum absolute atomic E-state index is 11.2. The van der Waals surface area contributed by atoms with Crippen molar-refractivity contribution in [3.63, 3.8) is 0 Å². The summed E-state index contributed by atoms with van der Waals surface area (Å²) in [5, 5.41) is -0.00000475. The van der Waals surface area contributed by atoms with Gasteiger partial charge in [0.25, 0.3) is 0 Å². The zero-order valence-electron chi connectivity index (χ0n) is 12.1. The molecule has 0 spiro atoms. The average Bonchev–Trinajstić information content (AvgIpc) is 2.42. The summed E-state index contributed by atoms with van der Waals surface area (Å²) in [6, 6.07) is 0. The van der Waals surface area contributed by atoms with E-state index in [2.05, 4.69) is 11.9 Å².